The van der Waals surface area contributed by atoms with Gasteiger partial charge < -0.3 is 10.6 Å². The molecule has 0 aromatic carbocycles. The summed E-state index contributed by atoms with van der Waals surface area (Å²) < 4.78 is 0. The Kier molecular flexibility index (Phi) is 4.69. The summed E-state index contributed by atoms with van der Waals surface area (Å²) in [6, 6.07) is 4.58. The Bertz CT molecular complexity index is 354. The lowest BCUT2D eigenvalue weighted by molar-refractivity contribution is 0.178. The summed E-state index contributed by atoms with van der Waals surface area (Å²) in [5.41, 5.74) is 7.21. The van der Waals surface area contributed by atoms with Crippen LogP contribution in [0.5, 0.6) is 0 Å². The van der Waals surface area contributed by atoms with E-state index in [9.17, 15) is 0 Å². The van der Waals surface area contributed by atoms with Crippen molar-refractivity contribution in [2.45, 2.75) is 19.5 Å². The van der Waals surface area contributed by atoms with Gasteiger partial charge in [0.15, 0.2) is 0 Å². The van der Waals surface area contributed by atoms with E-state index < -0.39 is 0 Å². The number of hydrogen-bond donors (Lipinski definition) is 1. The number of aromatic nitrogens is 1. The maximum atomic E-state index is 5.94. The van der Waals surface area contributed by atoms with Crippen LogP contribution in [0.2, 0.25) is 0 Å². The van der Waals surface area contributed by atoms with Crippen LogP contribution in [0.4, 0.5) is 0 Å². The second-order valence-electron chi connectivity index (χ2n) is 5.51. The Morgan fingerprint density at radius 2 is 2.22 bits per heavy atom. The van der Waals surface area contributed by atoms with Crippen LogP contribution < -0.4 is 5.73 Å². The van der Waals surface area contributed by atoms with Crippen LogP contribution in [0.15, 0.2) is 24.5 Å². The molecule has 0 bridgehead atoms. The van der Waals surface area contributed by atoms with Crippen LogP contribution in [0.25, 0.3) is 0 Å². The van der Waals surface area contributed by atoms with Crippen molar-refractivity contribution in [3.63, 3.8) is 0 Å². The quantitative estimate of drug-likeness (QED) is 0.859. The van der Waals surface area contributed by atoms with Crippen molar-refractivity contribution in [1.29, 1.82) is 0 Å². The minimum absolute atomic E-state index is 0.445. The number of pyridine rings is 1. The predicted molar refractivity (Wildman–Crippen MR) is 74.2 cm³/mol. The van der Waals surface area contributed by atoms with E-state index in [0.29, 0.717) is 12.0 Å². The van der Waals surface area contributed by atoms with Crippen molar-refractivity contribution in [1.82, 2.24) is 14.8 Å². The highest BCUT2D eigenvalue weighted by atomic mass is 15.2. The topological polar surface area (TPSA) is 45.4 Å². The molecule has 18 heavy (non-hydrogen) atoms. The Balaban J connectivity index is 2.08. The van der Waals surface area contributed by atoms with E-state index in [4.69, 9.17) is 5.73 Å². The Morgan fingerprint density at radius 3 is 2.89 bits per heavy atom. The van der Waals surface area contributed by atoms with E-state index in [1.54, 1.807) is 0 Å². The van der Waals surface area contributed by atoms with Gasteiger partial charge in [-0.3, -0.25) is 9.88 Å². The summed E-state index contributed by atoms with van der Waals surface area (Å²) in [6.07, 6.45) is 3.77. The third-order valence-corrected chi connectivity index (χ3v) is 3.59. The molecule has 100 valence electrons. The lowest BCUT2D eigenvalue weighted by Crippen LogP contribution is -2.44. The molecule has 2 heterocycles. The first kappa shape index (κ1) is 13.5. The highest BCUT2D eigenvalue weighted by molar-refractivity contribution is 5.08. The van der Waals surface area contributed by atoms with Gasteiger partial charge in [0, 0.05) is 51.2 Å². The van der Waals surface area contributed by atoms with Gasteiger partial charge in [0.2, 0.25) is 0 Å². The molecule has 1 aromatic heterocycles. The molecule has 2 atom stereocenters. The molecule has 4 heteroatoms. The van der Waals surface area contributed by atoms with E-state index in [1.807, 2.05) is 18.5 Å². The minimum atomic E-state index is 0.445. The Hall–Kier alpha value is -0.970. The first-order valence-corrected chi connectivity index (χ1v) is 6.70. The average Bonchev–Trinajstić information content (AvgIpc) is 2.48. The molecule has 4 nitrogen and oxygen atoms in total. The SMILES string of the molecule is CC1CN(C)CC(CN)N(Cc2cccnc2)C1. The van der Waals surface area contributed by atoms with E-state index in [1.165, 1.54) is 5.56 Å². The number of nitrogens with two attached hydrogens (primary N) is 1. The van der Waals surface area contributed by atoms with Gasteiger partial charge in [-0.15, -0.1) is 0 Å². The minimum Gasteiger partial charge on any atom is -0.329 e. The van der Waals surface area contributed by atoms with Crippen LogP contribution in [0.1, 0.15) is 12.5 Å². The van der Waals surface area contributed by atoms with Crippen molar-refractivity contribution in [3.8, 4) is 0 Å². The van der Waals surface area contributed by atoms with Crippen LogP contribution >= 0.6 is 0 Å². The summed E-state index contributed by atoms with van der Waals surface area (Å²) in [5, 5.41) is 0. The third kappa shape index (κ3) is 3.51. The second kappa shape index (κ2) is 6.27. The predicted octanol–water partition coefficient (Wildman–Crippen LogP) is 0.792. The molecule has 0 amide bonds. The molecule has 2 unspecified atom stereocenters. The van der Waals surface area contributed by atoms with Crippen molar-refractivity contribution in [2.75, 3.05) is 33.2 Å². The second-order valence-corrected chi connectivity index (χ2v) is 5.51. The molecular formula is C14H24N4. The maximum absolute atomic E-state index is 5.94. The van der Waals surface area contributed by atoms with E-state index >= 15 is 0 Å². The molecule has 0 aliphatic carbocycles. The number of rotatable bonds is 3. The highest BCUT2D eigenvalue weighted by Crippen LogP contribution is 2.15. The molecule has 1 aromatic rings. The van der Waals surface area contributed by atoms with Gasteiger partial charge in [-0.05, 0) is 24.6 Å². The van der Waals surface area contributed by atoms with Gasteiger partial charge in [-0.2, -0.15) is 0 Å². The normalized spacial score (nSPS) is 27.1. The van der Waals surface area contributed by atoms with Gasteiger partial charge in [-0.25, -0.2) is 0 Å². The average molecular weight is 248 g/mol. The molecule has 0 radical (unpaired) electrons. The first-order valence-electron chi connectivity index (χ1n) is 6.70. The third-order valence-electron chi connectivity index (χ3n) is 3.59. The highest BCUT2D eigenvalue weighted by Gasteiger charge is 2.25. The zero-order chi connectivity index (χ0) is 13.0. The number of nitrogens with zero attached hydrogens (tertiary/aromatic N) is 3. The van der Waals surface area contributed by atoms with Gasteiger partial charge >= 0.3 is 0 Å². The molecule has 1 saturated heterocycles. The fourth-order valence-corrected chi connectivity index (χ4v) is 2.83. The largest absolute Gasteiger partial charge is 0.329 e. The maximum Gasteiger partial charge on any atom is 0.0349 e. The van der Waals surface area contributed by atoms with Gasteiger partial charge in [0.1, 0.15) is 0 Å². The molecular weight excluding hydrogens is 224 g/mol. The lowest BCUT2D eigenvalue weighted by Gasteiger charge is -2.30. The first-order chi connectivity index (χ1) is 8.69. The summed E-state index contributed by atoms with van der Waals surface area (Å²) in [4.78, 5) is 9.09. The monoisotopic (exact) mass is 248 g/mol. The van der Waals surface area contributed by atoms with Crippen LogP contribution in [0.3, 0.4) is 0 Å². The summed E-state index contributed by atoms with van der Waals surface area (Å²) in [7, 11) is 2.19. The lowest BCUT2D eigenvalue weighted by atomic mass is 10.1. The van der Waals surface area contributed by atoms with Crippen molar-refractivity contribution in [2.24, 2.45) is 11.7 Å². The molecule has 1 aliphatic heterocycles. The van der Waals surface area contributed by atoms with Gasteiger partial charge in [-0.1, -0.05) is 13.0 Å². The number of hydrogen-bond acceptors (Lipinski definition) is 4. The van der Waals surface area contributed by atoms with E-state index in [0.717, 1.165) is 32.7 Å². The zero-order valence-electron chi connectivity index (χ0n) is 11.4. The molecule has 0 spiro atoms. The van der Waals surface area contributed by atoms with E-state index in [2.05, 4.69) is 34.8 Å². The molecule has 2 N–H and O–H groups in total. The summed E-state index contributed by atoms with van der Waals surface area (Å²) in [5.74, 6) is 0.684. The molecule has 1 fully saturated rings. The Labute approximate surface area is 110 Å². The van der Waals surface area contributed by atoms with Crippen LogP contribution in [-0.2, 0) is 6.54 Å². The van der Waals surface area contributed by atoms with Crippen molar-refractivity contribution in [3.05, 3.63) is 30.1 Å². The van der Waals surface area contributed by atoms with Crippen molar-refractivity contribution < 1.29 is 0 Å². The smallest absolute Gasteiger partial charge is 0.0349 e. The molecule has 1 aliphatic rings. The number of likely N-dealkylation sites (N-methyl/N-ethyl adjacent to an activating group) is 1. The standard InChI is InChI=1S/C14H24N4/c1-12-8-17(2)11-14(6-15)18(9-12)10-13-4-3-5-16-7-13/h3-5,7,12,14H,6,8-11,15H2,1-2H3. The molecule has 2 rings (SSSR count). The van der Waals surface area contributed by atoms with Crippen LogP contribution in [0, 0.1) is 5.92 Å². The van der Waals surface area contributed by atoms with Crippen LogP contribution in [-0.4, -0.2) is 54.1 Å². The molecule has 0 saturated carbocycles. The Morgan fingerprint density at radius 1 is 1.39 bits per heavy atom. The fraction of sp³-hybridized carbons (Fsp3) is 0.643. The van der Waals surface area contributed by atoms with E-state index in [-0.39, 0.29) is 0 Å². The summed E-state index contributed by atoms with van der Waals surface area (Å²) >= 11 is 0. The summed E-state index contributed by atoms with van der Waals surface area (Å²) in [6.45, 7) is 7.30. The zero-order valence-corrected chi connectivity index (χ0v) is 11.4. The van der Waals surface area contributed by atoms with Crippen molar-refractivity contribution >= 4 is 0 Å². The fourth-order valence-electron chi connectivity index (χ4n) is 2.83. The van der Waals surface area contributed by atoms with Gasteiger partial charge in [0.05, 0.1) is 0 Å². The van der Waals surface area contributed by atoms with Gasteiger partial charge in [0.25, 0.3) is 0 Å².